The molecule has 0 rings (SSSR count). The van der Waals surface area contributed by atoms with Gasteiger partial charge in [-0.2, -0.15) is 0 Å². The molecular formula is C8H12O2. The van der Waals surface area contributed by atoms with Gasteiger partial charge in [-0.05, 0) is 20.3 Å². The predicted molar refractivity (Wildman–Crippen MR) is 39.5 cm³/mol. The molecule has 0 spiro atoms. The van der Waals surface area contributed by atoms with E-state index in [0.717, 1.165) is 6.42 Å². The molecule has 0 heterocycles. The predicted octanol–water partition coefficient (Wildman–Crippen LogP) is 1.51. The molecule has 0 amide bonds. The van der Waals surface area contributed by atoms with Crippen molar-refractivity contribution in [3.8, 4) is 11.8 Å². The van der Waals surface area contributed by atoms with Crippen molar-refractivity contribution < 1.29 is 9.90 Å². The Kier molecular flexibility index (Phi) is 2.95. The number of carboxylic acids is 1. The molecule has 0 aromatic rings. The highest BCUT2D eigenvalue weighted by atomic mass is 16.4. The van der Waals surface area contributed by atoms with Crippen LogP contribution in [0.25, 0.3) is 0 Å². The van der Waals surface area contributed by atoms with E-state index < -0.39 is 5.97 Å². The first-order valence-electron chi connectivity index (χ1n) is 3.24. The molecule has 2 nitrogen and oxygen atoms in total. The Bertz CT molecular complexity index is 181. The summed E-state index contributed by atoms with van der Waals surface area (Å²) in [6.07, 6.45) is 0.868. The van der Waals surface area contributed by atoms with E-state index in [9.17, 15) is 4.79 Å². The maximum absolute atomic E-state index is 9.99. The molecule has 0 radical (unpaired) electrons. The topological polar surface area (TPSA) is 37.3 Å². The molecule has 0 fully saturated rings. The maximum atomic E-state index is 9.99. The van der Waals surface area contributed by atoms with E-state index >= 15 is 0 Å². The summed E-state index contributed by atoms with van der Waals surface area (Å²) in [5.41, 5.74) is -0.168. The third-order valence-electron chi connectivity index (χ3n) is 1.39. The fraction of sp³-hybridized carbons (Fsp3) is 0.625. The summed E-state index contributed by atoms with van der Waals surface area (Å²) < 4.78 is 0. The molecule has 1 N–H and O–H groups in total. The fourth-order valence-corrected chi connectivity index (χ4v) is 0.311. The van der Waals surface area contributed by atoms with Crippen LogP contribution < -0.4 is 0 Å². The Labute approximate surface area is 61.2 Å². The molecule has 0 atom stereocenters. The van der Waals surface area contributed by atoms with Crippen molar-refractivity contribution in [1.29, 1.82) is 0 Å². The maximum Gasteiger partial charge on any atom is 0.381 e. The first kappa shape index (κ1) is 9.03. The van der Waals surface area contributed by atoms with Gasteiger partial charge in [-0.3, -0.25) is 0 Å². The lowest BCUT2D eigenvalue weighted by Crippen LogP contribution is -2.06. The van der Waals surface area contributed by atoms with Crippen LogP contribution in [-0.4, -0.2) is 11.1 Å². The Morgan fingerprint density at radius 3 is 2.40 bits per heavy atom. The highest BCUT2D eigenvalue weighted by molar-refractivity contribution is 5.86. The zero-order valence-electron chi connectivity index (χ0n) is 6.56. The minimum Gasteiger partial charge on any atom is -0.472 e. The van der Waals surface area contributed by atoms with Gasteiger partial charge < -0.3 is 5.11 Å². The molecular weight excluding hydrogens is 128 g/mol. The number of aliphatic carboxylic acids is 1. The molecule has 0 aliphatic heterocycles. The largest absolute Gasteiger partial charge is 0.472 e. The standard InChI is InChI=1S/C8H12O2/c1-4-8(2,3)6-5-7(9)10/h4H2,1-3H3,(H,9,10). The quantitative estimate of drug-likeness (QED) is 0.560. The van der Waals surface area contributed by atoms with Crippen LogP contribution in [0.3, 0.4) is 0 Å². The van der Waals surface area contributed by atoms with Crippen molar-refractivity contribution in [3.05, 3.63) is 0 Å². The third kappa shape index (κ3) is 3.96. The molecule has 0 aromatic carbocycles. The highest BCUT2D eigenvalue weighted by Gasteiger charge is 2.09. The lowest BCUT2D eigenvalue weighted by Gasteiger charge is -2.12. The Morgan fingerprint density at radius 2 is 2.10 bits per heavy atom. The first-order valence-corrected chi connectivity index (χ1v) is 3.24. The molecule has 56 valence electrons. The number of hydrogen-bond acceptors (Lipinski definition) is 1. The second-order valence-corrected chi connectivity index (χ2v) is 2.79. The highest BCUT2D eigenvalue weighted by Crippen LogP contribution is 2.16. The first-order chi connectivity index (χ1) is 4.48. The van der Waals surface area contributed by atoms with Crippen LogP contribution in [0.15, 0.2) is 0 Å². The smallest absolute Gasteiger partial charge is 0.381 e. The Balaban J connectivity index is 4.15. The van der Waals surface area contributed by atoms with Crippen LogP contribution in [0.1, 0.15) is 27.2 Å². The molecule has 0 aliphatic rings. The molecule has 0 saturated heterocycles. The Hall–Kier alpha value is -0.970. The molecule has 2 heteroatoms. The van der Waals surface area contributed by atoms with Gasteiger partial charge in [-0.1, -0.05) is 12.8 Å². The summed E-state index contributed by atoms with van der Waals surface area (Å²) in [6, 6.07) is 0. The van der Waals surface area contributed by atoms with Gasteiger partial charge in [0.05, 0.1) is 0 Å². The zero-order chi connectivity index (χ0) is 8.20. The van der Waals surface area contributed by atoms with Crippen LogP contribution >= 0.6 is 0 Å². The minimum absolute atomic E-state index is 0.168. The number of carboxylic acid groups (broad SMARTS) is 1. The monoisotopic (exact) mass is 140 g/mol. The van der Waals surface area contributed by atoms with E-state index in [0.29, 0.717) is 0 Å². The number of carbonyl (C=O) groups is 1. The zero-order valence-corrected chi connectivity index (χ0v) is 6.56. The summed E-state index contributed by atoms with van der Waals surface area (Å²) in [5, 5.41) is 8.20. The Morgan fingerprint density at radius 1 is 1.60 bits per heavy atom. The molecule has 10 heavy (non-hydrogen) atoms. The average molecular weight is 140 g/mol. The molecule has 0 aliphatic carbocycles. The van der Waals surface area contributed by atoms with Crippen molar-refractivity contribution in [1.82, 2.24) is 0 Å². The van der Waals surface area contributed by atoms with Gasteiger partial charge in [0.1, 0.15) is 0 Å². The molecule has 0 bridgehead atoms. The van der Waals surface area contributed by atoms with Gasteiger partial charge in [0.25, 0.3) is 0 Å². The third-order valence-corrected chi connectivity index (χ3v) is 1.39. The van der Waals surface area contributed by atoms with Gasteiger partial charge in [-0.25, -0.2) is 4.79 Å². The van der Waals surface area contributed by atoms with E-state index in [-0.39, 0.29) is 5.41 Å². The van der Waals surface area contributed by atoms with Gasteiger partial charge in [0.15, 0.2) is 0 Å². The van der Waals surface area contributed by atoms with E-state index in [1.807, 2.05) is 20.8 Å². The van der Waals surface area contributed by atoms with Crippen LogP contribution in [0.5, 0.6) is 0 Å². The summed E-state index contributed by atoms with van der Waals surface area (Å²) >= 11 is 0. The van der Waals surface area contributed by atoms with E-state index in [1.54, 1.807) is 0 Å². The van der Waals surface area contributed by atoms with Crippen LogP contribution in [0, 0.1) is 17.3 Å². The van der Waals surface area contributed by atoms with Crippen molar-refractivity contribution in [2.24, 2.45) is 5.41 Å². The summed E-state index contributed by atoms with van der Waals surface area (Å²) in [4.78, 5) is 9.99. The van der Waals surface area contributed by atoms with E-state index in [1.165, 1.54) is 0 Å². The molecule has 0 unspecified atom stereocenters. The summed E-state index contributed by atoms with van der Waals surface area (Å²) in [5.74, 6) is 3.71. The lowest BCUT2D eigenvalue weighted by molar-refractivity contribution is -0.130. The number of hydrogen-bond donors (Lipinski definition) is 1. The van der Waals surface area contributed by atoms with Crippen molar-refractivity contribution in [2.75, 3.05) is 0 Å². The van der Waals surface area contributed by atoms with Crippen molar-refractivity contribution in [3.63, 3.8) is 0 Å². The molecule has 0 saturated carbocycles. The van der Waals surface area contributed by atoms with Gasteiger partial charge in [0, 0.05) is 11.3 Å². The van der Waals surface area contributed by atoms with Crippen LogP contribution in [-0.2, 0) is 4.79 Å². The van der Waals surface area contributed by atoms with Gasteiger partial charge in [-0.15, -0.1) is 0 Å². The van der Waals surface area contributed by atoms with Crippen LogP contribution in [0.4, 0.5) is 0 Å². The summed E-state index contributed by atoms with van der Waals surface area (Å²) in [7, 11) is 0. The second kappa shape index (κ2) is 3.26. The van der Waals surface area contributed by atoms with Crippen molar-refractivity contribution >= 4 is 5.97 Å². The van der Waals surface area contributed by atoms with E-state index in [2.05, 4.69) is 11.8 Å². The van der Waals surface area contributed by atoms with Crippen LogP contribution in [0.2, 0.25) is 0 Å². The van der Waals surface area contributed by atoms with Crippen molar-refractivity contribution in [2.45, 2.75) is 27.2 Å². The number of rotatable bonds is 1. The molecule has 0 aromatic heterocycles. The SMILES string of the molecule is CCC(C)(C)C#CC(=O)O. The van der Waals surface area contributed by atoms with E-state index in [4.69, 9.17) is 5.11 Å². The normalized spacial score (nSPS) is 9.90. The minimum atomic E-state index is -1.05. The summed E-state index contributed by atoms with van der Waals surface area (Å²) in [6.45, 7) is 5.82. The van der Waals surface area contributed by atoms with Gasteiger partial charge >= 0.3 is 5.97 Å². The second-order valence-electron chi connectivity index (χ2n) is 2.79. The average Bonchev–Trinajstić information content (AvgIpc) is 1.85. The fourth-order valence-electron chi connectivity index (χ4n) is 0.311. The van der Waals surface area contributed by atoms with Gasteiger partial charge in [0.2, 0.25) is 0 Å². The lowest BCUT2D eigenvalue weighted by atomic mass is 9.91.